The smallest absolute Gasteiger partial charge is 0.416 e. The molecule has 0 aliphatic rings. The second-order valence-corrected chi connectivity index (χ2v) is 7.88. The Bertz CT molecular complexity index is 1360. The molecule has 2 heterocycles. The Kier molecular flexibility index (Phi) is 6.10. The van der Waals surface area contributed by atoms with Crippen molar-refractivity contribution >= 4 is 17.4 Å². The maximum absolute atomic E-state index is 13.1. The average molecular weight is 467 g/mol. The summed E-state index contributed by atoms with van der Waals surface area (Å²) >= 11 is 0. The van der Waals surface area contributed by atoms with Crippen LogP contribution in [0.1, 0.15) is 55.9 Å². The van der Waals surface area contributed by atoms with Gasteiger partial charge < -0.3 is 10.4 Å². The van der Waals surface area contributed by atoms with Crippen LogP contribution in [-0.2, 0) is 12.6 Å². The highest BCUT2D eigenvalue weighted by Crippen LogP contribution is 2.30. The third-order valence-corrected chi connectivity index (χ3v) is 5.52. The van der Waals surface area contributed by atoms with Gasteiger partial charge >= 0.3 is 12.1 Å². The summed E-state index contributed by atoms with van der Waals surface area (Å²) in [6.45, 7) is 1.77. The number of pyridine rings is 1. The zero-order valence-electron chi connectivity index (χ0n) is 18.0. The van der Waals surface area contributed by atoms with E-state index >= 15 is 0 Å². The van der Waals surface area contributed by atoms with Crippen LogP contribution < -0.4 is 5.32 Å². The molecule has 0 saturated carbocycles. The highest BCUT2D eigenvalue weighted by atomic mass is 19.4. The normalized spacial score (nSPS) is 12.5. The molecule has 0 saturated heterocycles. The fourth-order valence-corrected chi connectivity index (χ4v) is 3.77. The molecule has 0 bridgehead atoms. The zero-order valence-corrected chi connectivity index (χ0v) is 18.0. The molecular weight excluding hydrogens is 447 g/mol. The summed E-state index contributed by atoms with van der Waals surface area (Å²) in [5.74, 6) is -1.44. The second-order valence-electron chi connectivity index (χ2n) is 7.88. The number of carbonyl (C=O) groups excluding carboxylic acids is 1. The molecule has 2 aromatic heterocycles. The van der Waals surface area contributed by atoms with Gasteiger partial charge in [0.25, 0.3) is 5.91 Å². The van der Waals surface area contributed by atoms with E-state index in [2.05, 4.69) is 10.4 Å². The molecule has 2 N–H and O–H groups in total. The van der Waals surface area contributed by atoms with Gasteiger partial charge in [-0.05, 0) is 54.3 Å². The first-order valence-corrected chi connectivity index (χ1v) is 10.4. The van der Waals surface area contributed by atoms with Crippen molar-refractivity contribution in [2.75, 3.05) is 0 Å². The number of nitrogens with one attached hydrogen (secondary N) is 1. The molecule has 0 spiro atoms. The molecule has 1 atom stereocenters. The monoisotopic (exact) mass is 467 g/mol. The van der Waals surface area contributed by atoms with Crippen molar-refractivity contribution < 1.29 is 27.9 Å². The number of aromatic carboxylic acids is 1. The van der Waals surface area contributed by atoms with E-state index in [1.807, 2.05) is 0 Å². The van der Waals surface area contributed by atoms with Crippen LogP contribution in [0.15, 0.2) is 73.1 Å². The van der Waals surface area contributed by atoms with Crippen LogP contribution in [0.4, 0.5) is 13.2 Å². The lowest BCUT2D eigenvalue weighted by Crippen LogP contribution is -2.26. The molecule has 0 aliphatic heterocycles. The summed E-state index contributed by atoms with van der Waals surface area (Å²) in [5.41, 5.74) is 2.04. The van der Waals surface area contributed by atoms with E-state index < -0.39 is 29.7 Å². The van der Waals surface area contributed by atoms with Gasteiger partial charge in [-0.2, -0.15) is 18.3 Å². The molecular formula is C25H20F3N3O3. The van der Waals surface area contributed by atoms with E-state index in [0.717, 1.165) is 17.7 Å². The van der Waals surface area contributed by atoms with Crippen LogP contribution in [-0.4, -0.2) is 26.6 Å². The SMILES string of the molecule is CC(NC(=O)c1cnn2cccc(Cc3cccc(C(F)(F)F)c3)c12)c1ccc(C(=O)O)cc1. The number of carbonyl (C=O) groups is 2. The maximum Gasteiger partial charge on any atom is 0.416 e. The molecule has 4 aromatic rings. The molecule has 1 unspecified atom stereocenters. The number of hydrogen-bond donors (Lipinski definition) is 2. The molecule has 0 fully saturated rings. The van der Waals surface area contributed by atoms with Gasteiger partial charge in [0.2, 0.25) is 0 Å². The van der Waals surface area contributed by atoms with Crippen molar-refractivity contribution in [3.05, 3.63) is 106 Å². The fourth-order valence-electron chi connectivity index (χ4n) is 3.77. The van der Waals surface area contributed by atoms with Crippen LogP contribution in [0, 0.1) is 0 Å². The number of rotatable bonds is 6. The van der Waals surface area contributed by atoms with Gasteiger partial charge in [-0.3, -0.25) is 4.79 Å². The van der Waals surface area contributed by atoms with E-state index in [-0.39, 0.29) is 17.5 Å². The minimum absolute atomic E-state index is 0.143. The Balaban J connectivity index is 1.60. The summed E-state index contributed by atoms with van der Waals surface area (Å²) in [7, 11) is 0. The molecule has 2 aromatic carbocycles. The third kappa shape index (κ3) is 4.78. The van der Waals surface area contributed by atoms with Gasteiger partial charge in [0.05, 0.1) is 34.4 Å². The minimum atomic E-state index is -4.44. The summed E-state index contributed by atoms with van der Waals surface area (Å²) in [6.07, 6.45) is -1.18. The van der Waals surface area contributed by atoms with Crippen molar-refractivity contribution in [3.63, 3.8) is 0 Å². The number of carboxylic acids is 1. The molecule has 0 radical (unpaired) electrons. The lowest BCUT2D eigenvalue weighted by atomic mass is 10.0. The van der Waals surface area contributed by atoms with Gasteiger partial charge in [-0.1, -0.05) is 36.4 Å². The average Bonchev–Trinajstić information content (AvgIpc) is 3.24. The molecule has 4 rings (SSSR count). The number of carboxylic acid groups (broad SMARTS) is 1. The van der Waals surface area contributed by atoms with E-state index in [1.165, 1.54) is 28.9 Å². The summed E-state index contributed by atoms with van der Waals surface area (Å²) in [6, 6.07) is 14.3. The standard InChI is InChI=1S/C25H20F3N3O3/c1-15(17-7-9-18(10-8-17)24(33)34)30-23(32)21-14-29-31-11-3-5-19(22(21)31)12-16-4-2-6-20(13-16)25(26,27)28/h2-11,13-15H,12H2,1H3,(H,30,32)(H,33,34). The number of halogens is 3. The van der Waals surface area contributed by atoms with E-state index in [1.54, 1.807) is 43.5 Å². The maximum atomic E-state index is 13.1. The van der Waals surface area contributed by atoms with Crippen molar-refractivity contribution in [1.82, 2.24) is 14.9 Å². The van der Waals surface area contributed by atoms with Crippen LogP contribution in [0.5, 0.6) is 0 Å². The Morgan fingerprint density at radius 3 is 2.50 bits per heavy atom. The fraction of sp³-hybridized carbons (Fsp3) is 0.160. The van der Waals surface area contributed by atoms with E-state index in [9.17, 15) is 22.8 Å². The molecule has 1 amide bonds. The van der Waals surface area contributed by atoms with Crippen molar-refractivity contribution in [3.8, 4) is 0 Å². The van der Waals surface area contributed by atoms with Crippen LogP contribution in [0.2, 0.25) is 0 Å². The van der Waals surface area contributed by atoms with E-state index in [4.69, 9.17) is 5.11 Å². The Hall–Kier alpha value is -4.14. The van der Waals surface area contributed by atoms with Gasteiger partial charge in [-0.15, -0.1) is 0 Å². The first kappa shape index (κ1) is 23.0. The summed E-state index contributed by atoms with van der Waals surface area (Å²) in [4.78, 5) is 24.1. The van der Waals surface area contributed by atoms with Gasteiger partial charge in [-0.25, -0.2) is 9.31 Å². The summed E-state index contributed by atoms with van der Waals surface area (Å²) in [5, 5.41) is 16.1. The third-order valence-electron chi connectivity index (χ3n) is 5.52. The highest BCUT2D eigenvalue weighted by molar-refractivity contribution is 6.01. The van der Waals surface area contributed by atoms with Crippen molar-refractivity contribution in [1.29, 1.82) is 0 Å². The van der Waals surface area contributed by atoms with Crippen LogP contribution in [0.3, 0.4) is 0 Å². The Morgan fingerprint density at radius 1 is 1.09 bits per heavy atom. The quantitative estimate of drug-likeness (QED) is 0.412. The lowest BCUT2D eigenvalue weighted by molar-refractivity contribution is -0.137. The molecule has 0 aliphatic carbocycles. The van der Waals surface area contributed by atoms with Gasteiger partial charge in [0, 0.05) is 6.20 Å². The highest BCUT2D eigenvalue weighted by Gasteiger charge is 2.30. The second kappa shape index (κ2) is 9.01. The lowest BCUT2D eigenvalue weighted by Gasteiger charge is -2.15. The largest absolute Gasteiger partial charge is 0.478 e. The Labute approximate surface area is 192 Å². The number of nitrogens with zero attached hydrogens (tertiary/aromatic N) is 2. The molecule has 174 valence electrons. The number of fused-ring (bicyclic) bond motifs is 1. The van der Waals surface area contributed by atoms with Crippen molar-refractivity contribution in [2.45, 2.75) is 25.6 Å². The van der Waals surface area contributed by atoms with Gasteiger partial charge in [0.15, 0.2) is 0 Å². The molecule has 9 heteroatoms. The number of amides is 1. The molecule has 34 heavy (non-hydrogen) atoms. The predicted molar refractivity (Wildman–Crippen MR) is 119 cm³/mol. The first-order valence-electron chi connectivity index (χ1n) is 10.4. The number of alkyl halides is 3. The zero-order chi connectivity index (χ0) is 24.5. The minimum Gasteiger partial charge on any atom is -0.478 e. The van der Waals surface area contributed by atoms with Crippen LogP contribution in [0.25, 0.3) is 5.52 Å². The topological polar surface area (TPSA) is 83.7 Å². The predicted octanol–water partition coefficient (Wildman–Crippen LogP) is 5.13. The van der Waals surface area contributed by atoms with Crippen molar-refractivity contribution in [2.24, 2.45) is 0 Å². The van der Waals surface area contributed by atoms with Gasteiger partial charge in [0.1, 0.15) is 0 Å². The number of benzene rings is 2. The van der Waals surface area contributed by atoms with Crippen LogP contribution >= 0.6 is 0 Å². The summed E-state index contributed by atoms with van der Waals surface area (Å²) < 4.78 is 40.8. The van der Waals surface area contributed by atoms with E-state index in [0.29, 0.717) is 16.6 Å². The molecule has 6 nitrogen and oxygen atoms in total. The number of hydrogen-bond acceptors (Lipinski definition) is 3. The first-order chi connectivity index (χ1) is 16.1. The number of aromatic nitrogens is 2. The Morgan fingerprint density at radius 2 is 1.82 bits per heavy atom.